The molecule has 1 aromatic rings. The first-order valence-electron chi connectivity index (χ1n) is 5.24. The van der Waals surface area contributed by atoms with Crippen molar-refractivity contribution in [1.29, 1.82) is 0 Å². The average Bonchev–Trinajstić information content (AvgIpc) is 2.25. The quantitative estimate of drug-likeness (QED) is 0.847. The first-order chi connectivity index (χ1) is 7.56. The molecule has 0 saturated carbocycles. The van der Waals surface area contributed by atoms with E-state index in [-0.39, 0.29) is 5.91 Å². The molecule has 0 bridgehead atoms. The zero-order chi connectivity index (χ0) is 12.1. The second-order valence-corrected chi connectivity index (χ2v) is 4.97. The number of hydrogen-bond donors (Lipinski definition) is 1. The summed E-state index contributed by atoms with van der Waals surface area (Å²) in [6.07, 6.45) is 0.907. The summed E-state index contributed by atoms with van der Waals surface area (Å²) < 4.78 is 0.874. The highest BCUT2D eigenvalue weighted by Gasteiger charge is 2.19. The molecule has 1 unspecified atom stereocenters. The monoisotopic (exact) mass is 303 g/mol. The van der Waals surface area contributed by atoms with Crippen molar-refractivity contribution < 1.29 is 4.79 Å². The number of alkyl halides is 1. The van der Waals surface area contributed by atoms with Gasteiger partial charge in [-0.25, -0.2) is 0 Å². The maximum atomic E-state index is 11.7. The molecule has 1 atom stereocenters. The SMILES string of the molecule is CCCNC(=O)C(Cl)c1ccc(C)cc1Br. The Morgan fingerprint density at radius 2 is 2.25 bits per heavy atom. The van der Waals surface area contributed by atoms with Crippen molar-refractivity contribution in [3.05, 3.63) is 33.8 Å². The van der Waals surface area contributed by atoms with Gasteiger partial charge in [0, 0.05) is 11.0 Å². The summed E-state index contributed by atoms with van der Waals surface area (Å²) in [6, 6.07) is 5.78. The number of carbonyl (C=O) groups is 1. The van der Waals surface area contributed by atoms with Gasteiger partial charge in [0.2, 0.25) is 5.91 Å². The van der Waals surface area contributed by atoms with E-state index in [1.165, 1.54) is 0 Å². The molecule has 1 rings (SSSR count). The van der Waals surface area contributed by atoms with Crippen molar-refractivity contribution in [2.24, 2.45) is 0 Å². The molecule has 2 nitrogen and oxygen atoms in total. The number of benzene rings is 1. The van der Waals surface area contributed by atoms with Gasteiger partial charge in [0.25, 0.3) is 0 Å². The summed E-state index contributed by atoms with van der Waals surface area (Å²) in [6.45, 7) is 4.66. The Bertz CT molecular complexity index is 381. The molecule has 4 heteroatoms. The van der Waals surface area contributed by atoms with Crippen LogP contribution < -0.4 is 5.32 Å². The number of carbonyl (C=O) groups excluding carboxylic acids is 1. The van der Waals surface area contributed by atoms with Gasteiger partial charge < -0.3 is 5.32 Å². The minimum absolute atomic E-state index is 0.145. The van der Waals surface area contributed by atoms with E-state index in [0.29, 0.717) is 6.54 Å². The smallest absolute Gasteiger partial charge is 0.242 e. The third-order valence-electron chi connectivity index (χ3n) is 2.21. The van der Waals surface area contributed by atoms with Crippen molar-refractivity contribution in [1.82, 2.24) is 5.32 Å². The standard InChI is InChI=1S/C12H15BrClNO/c1-3-6-15-12(16)11(14)9-5-4-8(2)7-10(9)13/h4-5,7,11H,3,6H2,1-2H3,(H,15,16). The summed E-state index contributed by atoms with van der Waals surface area (Å²) >= 11 is 9.53. The zero-order valence-corrected chi connectivity index (χ0v) is 11.7. The van der Waals surface area contributed by atoms with E-state index in [4.69, 9.17) is 11.6 Å². The molecule has 1 aromatic carbocycles. The average molecular weight is 305 g/mol. The van der Waals surface area contributed by atoms with Crippen LogP contribution in [-0.2, 0) is 4.79 Å². The Morgan fingerprint density at radius 1 is 1.56 bits per heavy atom. The van der Waals surface area contributed by atoms with Gasteiger partial charge in [0.1, 0.15) is 5.38 Å². The van der Waals surface area contributed by atoms with Crippen LogP contribution >= 0.6 is 27.5 Å². The molecule has 0 aliphatic carbocycles. The molecule has 0 radical (unpaired) electrons. The van der Waals surface area contributed by atoms with Gasteiger partial charge in [-0.3, -0.25) is 4.79 Å². The largest absolute Gasteiger partial charge is 0.355 e. The second-order valence-electron chi connectivity index (χ2n) is 3.68. The molecular formula is C12H15BrClNO. The van der Waals surface area contributed by atoms with Crippen LogP contribution in [0.15, 0.2) is 22.7 Å². The van der Waals surface area contributed by atoms with Crippen LogP contribution in [0.4, 0.5) is 0 Å². The lowest BCUT2D eigenvalue weighted by molar-refractivity contribution is -0.120. The molecular weight excluding hydrogens is 289 g/mol. The van der Waals surface area contributed by atoms with Crippen LogP contribution in [0.5, 0.6) is 0 Å². The van der Waals surface area contributed by atoms with Gasteiger partial charge in [0.05, 0.1) is 0 Å². The molecule has 16 heavy (non-hydrogen) atoms. The fraction of sp³-hybridized carbons (Fsp3) is 0.417. The number of rotatable bonds is 4. The molecule has 0 aliphatic rings. The number of halogens is 2. The molecule has 0 aromatic heterocycles. The van der Waals surface area contributed by atoms with Crippen LogP contribution in [0.25, 0.3) is 0 Å². The normalized spacial score (nSPS) is 12.2. The zero-order valence-electron chi connectivity index (χ0n) is 9.39. The van der Waals surface area contributed by atoms with Gasteiger partial charge in [0.15, 0.2) is 0 Å². The van der Waals surface area contributed by atoms with Crippen molar-refractivity contribution in [2.75, 3.05) is 6.54 Å². The summed E-state index contributed by atoms with van der Waals surface area (Å²) in [5.41, 5.74) is 1.94. The first-order valence-corrected chi connectivity index (χ1v) is 6.47. The molecule has 0 spiro atoms. The first kappa shape index (κ1) is 13.5. The Kier molecular flexibility index (Phi) is 5.29. The Hall–Kier alpha value is -0.540. The molecule has 0 saturated heterocycles. The predicted molar refractivity (Wildman–Crippen MR) is 70.8 cm³/mol. The molecule has 0 fully saturated rings. The van der Waals surface area contributed by atoms with Crippen LogP contribution in [0.3, 0.4) is 0 Å². The summed E-state index contributed by atoms with van der Waals surface area (Å²) in [5, 5.41) is 2.14. The summed E-state index contributed by atoms with van der Waals surface area (Å²) in [7, 11) is 0. The highest BCUT2D eigenvalue weighted by Crippen LogP contribution is 2.29. The Labute approximate surface area is 110 Å². The van der Waals surface area contributed by atoms with Crippen LogP contribution in [0, 0.1) is 6.92 Å². The van der Waals surface area contributed by atoms with E-state index in [9.17, 15) is 4.79 Å². The van der Waals surface area contributed by atoms with Crippen LogP contribution in [-0.4, -0.2) is 12.5 Å². The number of amides is 1. The fourth-order valence-corrected chi connectivity index (χ4v) is 2.44. The minimum Gasteiger partial charge on any atom is -0.355 e. The third-order valence-corrected chi connectivity index (χ3v) is 3.33. The number of aryl methyl sites for hydroxylation is 1. The highest BCUT2D eigenvalue weighted by atomic mass is 79.9. The van der Waals surface area contributed by atoms with Crippen LogP contribution in [0.1, 0.15) is 29.8 Å². The van der Waals surface area contributed by atoms with Crippen molar-refractivity contribution in [3.8, 4) is 0 Å². The van der Waals surface area contributed by atoms with E-state index in [2.05, 4.69) is 21.2 Å². The Balaban J connectivity index is 2.79. The molecule has 88 valence electrons. The van der Waals surface area contributed by atoms with Gasteiger partial charge in [-0.1, -0.05) is 35.0 Å². The minimum atomic E-state index is -0.637. The Morgan fingerprint density at radius 3 is 2.81 bits per heavy atom. The van der Waals surface area contributed by atoms with Gasteiger partial charge in [-0.2, -0.15) is 0 Å². The highest BCUT2D eigenvalue weighted by molar-refractivity contribution is 9.10. The van der Waals surface area contributed by atoms with E-state index < -0.39 is 5.38 Å². The maximum absolute atomic E-state index is 11.7. The van der Waals surface area contributed by atoms with E-state index >= 15 is 0 Å². The van der Waals surface area contributed by atoms with Crippen LogP contribution in [0.2, 0.25) is 0 Å². The van der Waals surface area contributed by atoms with Gasteiger partial charge in [-0.05, 0) is 30.5 Å². The molecule has 1 N–H and O–H groups in total. The fourth-order valence-electron chi connectivity index (χ4n) is 1.32. The van der Waals surface area contributed by atoms with Gasteiger partial charge in [-0.15, -0.1) is 11.6 Å². The number of hydrogen-bond acceptors (Lipinski definition) is 1. The second kappa shape index (κ2) is 6.26. The molecule has 0 heterocycles. The van der Waals surface area contributed by atoms with E-state index in [1.807, 2.05) is 32.0 Å². The van der Waals surface area contributed by atoms with E-state index in [0.717, 1.165) is 22.0 Å². The van der Waals surface area contributed by atoms with Gasteiger partial charge >= 0.3 is 0 Å². The number of nitrogens with one attached hydrogen (secondary N) is 1. The topological polar surface area (TPSA) is 29.1 Å². The summed E-state index contributed by atoms with van der Waals surface area (Å²) in [4.78, 5) is 11.7. The van der Waals surface area contributed by atoms with Crippen molar-refractivity contribution >= 4 is 33.4 Å². The summed E-state index contributed by atoms with van der Waals surface area (Å²) in [5.74, 6) is -0.145. The lowest BCUT2D eigenvalue weighted by atomic mass is 10.1. The molecule has 0 aliphatic heterocycles. The lowest BCUT2D eigenvalue weighted by Gasteiger charge is -2.12. The van der Waals surface area contributed by atoms with Crippen molar-refractivity contribution in [2.45, 2.75) is 25.6 Å². The van der Waals surface area contributed by atoms with Crippen molar-refractivity contribution in [3.63, 3.8) is 0 Å². The predicted octanol–water partition coefficient (Wildman–Crippen LogP) is 3.56. The molecule has 1 amide bonds. The lowest BCUT2D eigenvalue weighted by Crippen LogP contribution is -2.27. The third kappa shape index (κ3) is 3.49. The maximum Gasteiger partial charge on any atom is 0.242 e. The van der Waals surface area contributed by atoms with E-state index in [1.54, 1.807) is 0 Å².